The lowest BCUT2D eigenvalue weighted by molar-refractivity contribution is -0.128. The maximum absolute atomic E-state index is 14.2. The first-order valence-electron chi connectivity index (χ1n) is 13.8. The average Bonchev–Trinajstić information content (AvgIpc) is 3.38. The first kappa shape index (κ1) is 31.5. The Morgan fingerprint density at radius 3 is 2.59 bits per heavy atom. The van der Waals surface area contributed by atoms with E-state index in [0.29, 0.717) is 51.4 Å². The van der Waals surface area contributed by atoms with Gasteiger partial charge < -0.3 is 30.4 Å². The summed E-state index contributed by atoms with van der Waals surface area (Å²) in [6.07, 6.45) is 3.58. The number of methoxy groups -OCH3 is 1. The van der Waals surface area contributed by atoms with E-state index >= 15 is 0 Å². The van der Waals surface area contributed by atoms with Crippen LogP contribution in [-0.4, -0.2) is 62.7 Å². The van der Waals surface area contributed by atoms with Crippen molar-refractivity contribution in [3.05, 3.63) is 29.6 Å². The molecule has 1 heterocycles. The molecule has 37 heavy (non-hydrogen) atoms. The monoisotopic (exact) mass is 524 g/mol. The van der Waals surface area contributed by atoms with E-state index in [0.717, 1.165) is 25.0 Å². The minimum Gasteiger partial charge on any atom is -0.490 e. The molecule has 0 spiro atoms. The molecule has 212 valence electrons. The van der Waals surface area contributed by atoms with E-state index in [2.05, 4.69) is 19.2 Å². The van der Waals surface area contributed by atoms with Gasteiger partial charge in [-0.1, -0.05) is 33.8 Å². The Balaban J connectivity index is 1.94. The molecule has 1 aliphatic rings. The summed E-state index contributed by atoms with van der Waals surface area (Å²) in [7, 11) is 1.62. The number of halogens is 1. The van der Waals surface area contributed by atoms with Crippen LogP contribution in [0.1, 0.15) is 65.4 Å². The number of nitrogens with one attached hydrogen (secondary N) is 1. The molecular weight excluding hydrogens is 475 g/mol. The van der Waals surface area contributed by atoms with E-state index in [1.54, 1.807) is 19.2 Å². The zero-order valence-corrected chi connectivity index (χ0v) is 23.4. The number of carbonyl (C=O) groups is 1. The number of ether oxygens (including phenoxy) is 3. The van der Waals surface area contributed by atoms with Crippen molar-refractivity contribution in [3.8, 4) is 5.75 Å². The molecule has 2 rings (SSSR count). The molecule has 0 aliphatic carbocycles. The molecule has 4 N–H and O–H groups in total. The Morgan fingerprint density at radius 1 is 1.22 bits per heavy atom. The number of aliphatic hydroxyl groups is 1. The van der Waals surface area contributed by atoms with Crippen LogP contribution < -0.4 is 15.8 Å². The quantitative estimate of drug-likeness (QED) is 0.265. The summed E-state index contributed by atoms with van der Waals surface area (Å²) >= 11 is 0. The SMILES string of the molecule is COCCCOc1cc(C[C@@H](C[C@H](N)[C@@H](O)C[C@H](C(=O)NC[C@@H]2CCCO2)C(C)C)C(C)C)ccc1F. The van der Waals surface area contributed by atoms with Gasteiger partial charge in [0.2, 0.25) is 5.91 Å². The number of amides is 1. The summed E-state index contributed by atoms with van der Waals surface area (Å²) in [6.45, 7) is 10.5. The van der Waals surface area contributed by atoms with Crippen LogP contribution in [0, 0.1) is 29.5 Å². The Bertz CT molecular complexity index is 801. The first-order chi connectivity index (χ1) is 17.6. The lowest BCUT2D eigenvalue weighted by Gasteiger charge is -2.30. The fraction of sp³-hybridized carbons (Fsp3) is 0.759. The van der Waals surface area contributed by atoms with Crippen LogP contribution >= 0.6 is 0 Å². The van der Waals surface area contributed by atoms with Crippen LogP contribution in [0.2, 0.25) is 0 Å². The third-order valence-electron chi connectivity index (χ3n) is 7.42. The number of hydrogen-bond donors (Lipinski definition) is 3. The smallest absolute Gasteiger partial charge is 0.223 e. The molecule has 0 bridgehead atoms. The fourth-order valence-electron chi connectivity index (χ4n) is 4.84. The van der Waals surface area contributed by atoms with Crippen molar-refractivity contribution in [2.24, 2.45) is 29.4 Å². The summed E-state index contributed by atoms with van der Waals surface area (Å²) in [4.78, 5) is 12.9. The highest BCUT2D eigenvalue weighted by Crippen LogP contribution is 2.28. The highest BCUT2D eigenvalue weighted by atomic mass is 19.1. The standard InChI is InChI=1S/C29H49FN2O5/c1-19(2)22(14-21-9-10-25(30)28(15-21)37-13-7-11-35-5)16-26(31)27(33)17-24(20(3)4)29(34)32-18-23-8-6-12-36-23/h9-10,15,19-20,22-24,26-27,33H,6-8,11-14,16-18,31H2,1-5H3,(H,32,34)/t22-,23-,24-,26-,27-/m0/s1. The van der Waals surface area contributed by atoms with Gasteiger partial charge in [-0.15, -0.1) is 0 Å². The van der Waals surface area contributed by atoms with E-state index in [1.807, 2.05) is 13.8 Å². The van der Waals surface area contributed by atoms with Crippen molar-refractivity contribution >= 4 is 5.91 Å². The van der Waals surface area contributed by atoms with Crippen molar-refractivity contribution in [2.75, 3.05) is 33.5 Å². The van der Waals surface area contributed by atoms with Gasteiger partial charge in [-0.2, -0.15) is 0 Å². The summed E-state index contributed by atoms with van der Waals surface area (Å²) < 4.78 is 30.5. The van der Waals surface area contributed by atoms with Gasteiger partial charge in [0.25, 0.3) is 0 Å². The molecule has 5 atom stereocenters. The molecule has 0 saturated carbocycles. The van der Waals surface area contributed by atoms with E-state index in [1.165, 1.54) is 6.07 Å². The van der Waals surface area contributed by atoms with Crippen molar-refractivity contribution in [2.45, 2.75) is 84.5 Å². The van der Waals surface area contributed by atoms with Crippen LogP contribution in [-0.2, 0) is 20.7 Å². The first-order valence-corrected chi connectivity index (χ1v) is 13.8. The number of benzene rings is 1. The van der Waals surface area contributed by atoms with Crippen molar-refractivity contribution in [3.63, 3.8) is 0 Å². The second-order valence-corrected chi connectivity index (χ2v) is 11.1. The average molecular weight is 525 g/mol. The predicted molar refractivity (Wildman–Crippen MR) is 144 cm³/mol. The molecule has 0 unspecified atom stereocenters. The van der Waals surface area contributed by atoms with Crippen LogP contribution in [0.3, 0.4) is 0 Å². The van der Waals surface area contributed by atoms with Crippen molar-refractivity contribution < 1.29 is 28.5 Å². The van der Waals surface area contributed by atoms with Gasteiger partial charge in [0.15, 0.2) is 11.6 Å². The van der Waals surface area contributed by atoms with Crippen molar-refractivity contribution in [1.29, 1.82) is 0 Å². The molecule has 1 aliphatic heterocycles. The maximum atomic E-state index is 14.2. The van der Waals surface area contributed by atoms with Gasteiger partial charge in [0.1, 0.15) is 0 Å². The highest BCUT2D eigenvalue weighted by molar-refractivity contribution is 5.78. The topological polar surface area (TPSA) is 103 Å². The fourth-order valence-corrected chi connectivity index (χ4v) is 4.84. The van der Waals surface area contributed by atoms with Gasteiger partial charge in [0, 0.05) is 45.2 Å². The highest BCUT2D eigenvalue weighted by Gasteiger charge is 2.30. The largest absolute Gasteiger partial charge is 0.490 e. The third kappa shape index (κ3) is 10.9. The number of nitrogens with two attached hydrogens (primary N) is 1. The molecular formula is C29H49FN2O5. The summed E-state index contributed by atoms with van der Waals surface area (Å²) in [5.74, 6) is 0.0542. The lowest BCUT2D eigenvalue weighted by Crippen LogP contribution is -2.43. The number of hydrogen-bond acceptors (Lipinski definition) is 6. The molecule has 0 radical (unpaired) electrons. The number of carbonyl (C=O) groups excluding carboxylic acids is 1. The van der Waals surface area contributed by atoms with E-state index in [-0.39, 0.29) is 41.3 Å². The maximum Gasteiger partial charge on any atom is 0.223 e. The normalized spacial score (nSPS) is 19.1. The van der Waals surface area contributed by atoms with Crippen LogP contribution in [0.15, 0.2) is 18.2 Å². The summed E-state index contributed by atoms with van der Waals surface area (Å²) in [5, 5.41) is 14.0. The van der Waals surface area contributed by atoms with E-state index in [9.17, 15) is 14.3 Å². The van der Waals surface area contributed by atoms with Gasteiger partial charge in [-0.05, 0) is 67.6 Å². The number of rotatable bonds is 17. The minimum absolute atomic E-state index is 0.0542. The second kappa shape index (κ2) is 16.3. The molecule has 7 nitrogen and oxygen atoms in total. The van der Waals surface area contributed by atoms with Gasteiger partial charge >= 0.3 is 0 Å². The Hall–Kier alpha value is -1.74. The molecule has 0 aromatic heterocycles. The van der Waals surface area contributed by atoms with E-state index in [4.69, 9.17) is 19.9 Å². The predicted octanol–water partition coefficient (Wildman–Crippen LogP) is 4.09. The number of aliphatic hydroxyl groups excluding tert-OH is 1. The second-order valence-electron chi connectivity index (χ2n) is 11.1. The van der Waals surface area contributed by atoms with E-state index < -0.39 is 12.1 Å². The Morgan fingerprint density at radius 2 is 1.97 bits per heavy atom. The molecule has 1 fully saturated rings. The zero-order chi connectivity index (χ0) is 27.4. The van der Waals surface area contributed by atoms with Crippen molar-refractivity contribution in [1.82, 2.24) is 5.32 Å². The molecule has 1 aromatic carbocycles. The lowest BCUT2D eigenvalue weighted by atomic mass is 9.81. The van der Waals surface area contributed by atoms with Crippen LogP contribution in [0.25, 0.3) is 0 Å². The van der Waals surface area contributed by atoms with Crippen LogP contribution in [0.5, 0.6) is 5.75 Å². The Kier molecular flexibility index (Phi) is 13.8. The minimum atomic E-state index is -0.796. The summed E-state index contributed by atoms with van der Waals surface area (Å²) in [5.41, 5.74) is 7.45. The van der Waals surface area contributed by atoms with Gasteiger partial charge in [-0.3, -0.25) is 4.79 Å². The van der Waals surface area contributed by atoms with Gasteiger partial charge in [0.05, 0.1) is 18.8 Å². The molecule has 8 heteroatoms. The molecule has 1 saturated heterocycles. The Labute approximate surface area is 222 Å². The van der Waals surface area contributed by atoms with Crippen LogP contribution in [0.4, 0.5) is 4.39 Å². The van der Waals surface area contributed by atoms with Gasteiger partial charge in [-0.25, -0.2) is 4.39 Å². The molecule has 1 amide bonds. The molecule has 1 aromatic rings. The third-order valence-corrected chi connectivity index (χ3v) is 7.42. The summed E-state index contributed by atoms with van der Waals surface area (Å²) in [6, 6.07) is 4.51. The zero-order valence-electron chi connectivity index (χ0n) is 23.4.